The Morgan fingerprint density at radius 3 is 2.48 bits per heavy atom. The predicted molar refractivity (Wildman–Crippen MR) is 105 cm³/mol. The summed E-state index contributed by atoms with van der Waals surface area (Å²) in [6.07, 6.45) is 0. The number of H-pyrrole nitrogens is 1. The van der Waals surface area contributed by atoms with E-state index in [9.17, 15) is 9.59 Å². The number of rotatable bonds is 5. The minimum absolute atomic E-state index is 0.0982. The number of hydrogen-bond acceptors (Lipinski definition) is 6. The van der Waals surface area contributed by atoms with E-state index < -0.39 is 0 Å². The van der Waals surface area contributed by atoms with Gasteiger partial charge in [0.05, 0.1) is 22.0 Å². The van der Waals surface area contributed by atoms with Crippen LogP contribution >= 0.6 is 11.8 Å². The standard InChI is InChI=1S/C18H20N6O2S/c1-10-5-7-14(8-6-10)19-15(25)9-27-16-11(2)23-24(13(16)4)18-20-17(26)12(3)21-22-18/h5-8H,9H2,1-4H3,(H,19,25)(H,20,22,26). The van der Waals surface area contributed by atoms with Crippen molar-refractivity contribution in [3.63, 3.8) is 0 Å². The van der Waals surface area contributed by atoms with Gasteiger partial charge in [-0.25, -0.2) is 4.68 Å². The largest absolute Gasteiger partial charge is 0.325 e. The molecule has 0 radical (unpaired) electrons. The summed E-state index contributed by atoms with van der Waals surface area (Å²) in [5.74, 6) is 0.401. The molecule has 3 rings (SSSR count). The number of aromatic nitrogens is 5. The lowest BCUT2D eigenvalue weighted by Crippen LogP contribution is -2.18. The molecule has 0 atom stereocenters. The molecule has 0 saturated carbocycles. The second-order valence-electron chi connectivity index (χ2n) is 6.18. The van der Waals surface area contributed by atoms with Gasteiger partial charge in [-0.1, -0.05) is 17.7 Å². The fourth-order valence-corrected chi connectivity index (χ4v) is 3.39. The summed E-state index contributed by atoms with van der Waals surface area (Å²) >= 11 is 1.39. The van der Waals surface area contributed by atoms with E-state index in [-0.39, 0.29) is 23.2 Å². The molecule has 1 amide bonds. The number of anilines is 1. The fourth-order valence-electron chi connectivity index (χ4n) is 2.50. The van der Waals surface area contributed by atoms with Crippen LogP contribution < -0.4 is 10.9 Å². The van der Waals surface area contributed by atoms with Gasteiger partial charge in [0, 0.05) is 5.69 Å². The number of aromatic amines is 1. The van der Waals surface area contributed by atoms with Crippen LogP contribution in [-0.2, 0) is 4.79 Å². The smallest absolute Gasteiger partial charge is 0.274 e. The van der Waals surface area contributed by atoms with Crippen LogP contribution in [0.25, 0.3) is 5.95 Å². The van der Waals surface area contributed by atoms with Gasteiger partial charge in [0.15, 0.2) is 0 Å². The molecule has 3 aromatic rings. The van der Waals surface area contributed by atoms with Crippen molar-refractivity contribution in [1.82, 2.24) is 25.0 Å². The van der Waals surface area contributed by atoms with Crippen LogP contribution in [0.15, 0.2) is 34.0 Å². The number of aryl methyl sites for hydroxylation is 3. The van der Waals surface area contributed by atoms with Gasteiger partial charge in [-0.2, -0.15) is 5.10 Å². The average Bonchev–Trinajstić information content (AvgIpc) is 2.92. The Kier molecular flexibility index (Phi) is 5.41. The first kappa shape index (κ1) is 18.8. The van der Waals surface area contributed by atoms with Gasteiger partial charge >= 0.3 is 0 Å². The van der Waals surface area contributed by atoms with Gasteiger partial charge in [0.25, 0.3) is 11.5 Å². The Labute approximate surface area is 160 Å². The zero-order valence-corrected chi connectivity index (χ0v) is 16.3. The second kappa shape index (κ2) is 7.75. The molecule has 0 aliphatic rings. The molecule has 0 unspecified atom stereocenters. The number of nitrogens with zero attached hydrogens (tertiary/aromatic N) is 4. The van der Waals surface area contributed by atoms with E-state index in [0.717, 1.165) is 27.5 Å². The molecule has 9 heteroatoms. The summed E-state index contributed by atoms with van der Waals surface area (Å²) in [4.78, 5) is 27.5. The number of thioether (sulfide) groups is 1. The molecular weight excluding hydrogens is 364 g/mol. The Bertz CT molecular complexity index is 1040. The van der Waals surface area contributed by atoms with Crippen molar-refractivity contribution in [2.24, 2.45) is 0 Å². The van der Waals surface area contributed by atoms with Gasteiger partial charge in [0.2, 0.25) is 5.91 Å². The van der Waals surface area contributed by atoms with Crippen LogP contribution in [0.4, 0.5) is 5.69 Å². The van der Waals surface area contributed by atoms with Crippen LogP contribution in [0.5, 0.6) is 0 Å². The highest BCUT2D eigenvalue weighted by atomic mass is 32.2. The minimum Gasteiger partial charge on any atom is -0.325 e. The molecule has 0 spiro atoms. The van der Waals surface area contributed by atoms with Gasteiger partial charge in [0.1, 0.15) is 5.69 Å². The van der Waals surface area contributed by atoms with Crippen LogP contribution in [0.2, 0.25) is 0 Å². The van der Waals surface area contributed by atoms with E-state index in [4.69, 9.17) is 0 Å². The van der Waals surface area contributed by atoms with E-state index in [1.54, 1.807) is 6.92 Å². The highest BCUT2D eigenvalue weighted by molar-refractivity contribution is 8.00. The molecule has 0 saturated heterocycles. The molecule has 2 aromatic heterocycles. The average molecular weight is 384 g/mol. The Morgan fingerprint density at radius 1 is 1.11 bits per heavy atom. The number of benzene rings is 1. The fraction of sp³-hybridized carbons (Fsp3) is 0.278. The maximum atomic E-state index is 12.2. The summed E-state index contributed by atoms with van der Waals surface area (Å²) in [7, 11) is 0. The second-order valence-corrected chi connectivity index (χ2v) is 7.16. The molecule has 140 valence electrons. The van der Waals surface area contributed by atoms with E-state index in [0.29, 0.717) is 5.69 Å². The monoisotopic (exact) mass is 384 g/mol. The molecule has 2 heterocycles. The Balaban J connectivity index is 1.73. The quantitative estimate of drug-likeness (QED) is 0.654. The molecule has 0 fully saturated rings. The van der Waals surface area contributed by atoms with Gasteiger partial charge in [-0.15, -0.1) is 22.0 Å². The number of hydrogen-bond donors (Lipinski definition) is 2. The third kappa shape index (κ3) is 4.25. The SMILES string of the molecule is Cc1ccc(NC(=O)CSc2c(C)nn(-c3nnc(C)c(=O)[nH]3)c2C)cc1. The molecule has 2 N–H and O–H groups in total. The Morgan fingerprint density at radius 2 is 1.81 bits per heavy atom. The summed E-state index contributed by atoms with van der Waals surface area (Å²) in [6.45, 7) is 7.30. The van der Waals surface area contributed by atoms with Crippen molar-refractivity contribution in [3.8, 4) is 5.95 Å². The summed E-state index contributed by atoms with van der Waals surface area (Å²) in [6, 6.07) is 7.65. The van der Waals surface area contributed by atoms with Crippen molar-refractivity contribution < 1.29 is 4.79 Å². The molecule has 0 aliphatic carbocycles. The lowest BCUT2D eigenvalue weighted by molar-refractivity contribution is -0.113. The van der Waals surface area contributed by atoms with E-state index >= 15 is 0 Å². The Hall–Kier alpha value is -2.94. The first-order valence-electron chi connectivity index (χ1n) is 8.34. The van der Waals surface area contributed by atoms with Gasteiger partial charge < -0.3 is 5.32 Å². The van der Waals surface area contributed by atoms with Crippen LogP contribution in [0, 0.1) is 27.7 Å². The van der Waals surface area contributed by atoms with Gasteiger partial charge in [-0.3, -0.25) is 14.6 Å². The highest BCUT2D eigenvalue weighted by Gasteiger charge is 2.16. The molecule has 0 aliphatic heterocycles. The van der Waals surface area contributed by atoms with E-state index in [1.165, 1.54) is 16.4 Å². The lowest BCUT2D eigenvalue weighted by Gasteiger charge is -2.06. The maximum absolute atomic E-state index is 12.2. The van der Waals surface area contributed by atoms with Crippen LogP contribution in [0.1, 0.15) is 22.6 Å². The number of nitrogens with one attached hydrogen (secondary N) is 2. The molecular formula is C18H20N6O2S. The number of carbonyl (C=O) groups is 1. The summed E-state index contributed by atoms with van der Waals surface area (Å²) in [5.41, 5.74) is 3.43. The van der Waals surface area contributed by atoms with E-state index in [2.05, 4.69) is 25.6 Å². The van der Waals surface area contributed by atoms with Crippen LogP contribution in [-0.4, -0.2) is 36.6 Å². The number of amides is 1. The minimum atomic E-state index is -0.306. The topological polar surface area (TPSA) is 106 Å². The third-order valence-corrected chi connectivity index (χ3v) is 5.24. The van der Waals surface area contributed by atoms with Gasteiger partial charge in [-0.05, 0) is 39.8 Å². The van der Waals surface area contributed by atoms with Crippen molar-refractivity contribution in [2.75, 3.05) is 11.1 Å². The molecule has 0 bridgehead atoms. The highest BCUT2D eigenvalue weighted by Crippen LogP contribution is 2.27. The normalized spacial score (nSPS) is 10.8. The molecule has 8 nitrogen and oxygen atoms in total. The zero-order valence-electron chi connectivity index (χ0n) is 15.5. The maximum Gasteiger partial charge on any atom is 0.274 e. The summed E-state index contributed by atoms with van der Waals surface area (Å²) < 4.78 is 1.53. The number of carbonyl (C=O) groups excluding carboxylic acids is 1. The zero-order chi connectivity index (χ0) is 19.6. The van der Waals surface area contributed by atoms with Crippen molar-refractivity contribution in [2.45, 2.75) is 32.6 Å². The first-order chi connectivity index (χ1) is 12.8. The van der Waals surface area contributed by atoms with Crippen LogP contribution in [0.3, 0.4) is 0 Å². The molecule has 1 aromatic carbocycles. The predicted octanol–water partition coefficient (Wildman–Crippen LogP) is 2.32. The first-order valence-corrected chi connectivity index (χ1v) is 9.33. The summed E-state index contributed by atoms with van der Waals surface area (Å²) in [5, 5.41) is 15.1. The van der Waals surface area contributed by atoms with Crippen molar-refractivity contribution >= 4 is 23.4 Å². The van der Waals surface area contributed by atoms with Crippen molar-refractivity contribution in [1.29, 1.82) is 0 Å². The van der Waals surface area contributed by atoms with E-state index in [1.807, 2.05) is 45.0 Å². The third-order valence-electron chi connectivity index (χ3n) is 3.96. The molecule has 27 heavy (non-hydrogen) atoms. The van der Waals surface area contributed by atoms with Crippen molar-refractivity contribution in [3.05, 3.63) is 57.3 Å². The lowest BCUT2D eigenvalue weighted by atomic mass is 10.2.